The van der Waals surface area contributed by atoms with E-state index in [1.165, 1.54) is 10.7 Å². The maximum atomic E-state index is 14.0. The summed E-state index contributed by atoms with van der Waals surface area (Å²) in [5.74, 6) is 0.822. The van der Waals surface area contributed by atoms with Crippen molar-refractivity contribution in [3.8, 4) is 11.8 Å². The van der Waals surface area contributed by atoms with Gasteiger partial charge in [0.2, 0.25) is 0 Å². The van der Waals surface area contributed by atoms with Crippen LogP contribution >= 0.6 is 12.4 Å². The molecule has 9 heteroatoms. The Bertz CT molecular complexity index is 1220. The number of rotatable bonds is 5. The Kier molecular flexibility index (Phi) is 6.75. The Morgan fingerprint density at radius 1 is 1.18 bits per heavy atom. The Balaban J connectivity index is 0.00000274. The number of carbonyl (C=O) groups is 1. The van der Waals surface area contributed by atoms with Crippen LogP contribution in [0.4, 0.5) is 20.7 Å². The van der Waals surface area contributed by atoms with Crippen molar-refractivity contribution in [2.75, 3.05) is 23.3 Å². The molecule has 34 heavy (non-hydrogen) atoms. The summed E-state index contributed by atoms with van der Waals surface area (Å²) in [4.78, 5) is 14.2. The van der Waals surface area contributed by atoms with Crippen LogP contribution in [0.2, 0.25) is 0 Å². The summed E-state index contributed by atoms with van der Waals surface area (Å²) in [5, 5.41) is 16.9. The lowest BCUT2D eigenvalue weighted by atomic mass is 9.78. The highest BCUT2D eigenvalue weighted by Crippen LogP contribution is 2.41. The Morgan fingerprint density at radius 3 is 2.74 bits per heavy atom. The zero-order valence-corrected chi connectivity index (χ0v) is 19.3. The maximum Gasteiger partial charge on any atom is 0.415 e. The smallest absolute Gasteiger partial charge is 0.415 e. The van der Waals surface area contributed by atoms with E-state index in [-0.39, 0.29) is 24.3 Å². The van der Waals surface area contributed by atoms with Crippen LogP contribution in [-0.2, 0) is 4.74 Å². The molecule has 1 N–H and O–H groups in total. The number of anilines is 2. The molecule has 0 radical (unpaired) electrons. The molecule has 1 amide bonds. The maximum absolute atomic E-state index is 14.0. The van der Waals surface area contributed by atoms with Crippen molar-refractivity contribution < 1.29 is 13.9 Å². The number of ether oxygens (including phenoxy) is 1. The zero-order chi connectivity index (χ0) is 22.8. The Hall–Kier alpha value is -3.57. The topological polar surface area (TPSA) is 83.2 Å². The predicted molar refractivity (Wildman–Crippen MR) is 129 cm³/mol. The van der Waals surface area contributed by atoms with Crippen LogP contribution in [0.25, 0.3) is 5.69 Å². The van der Waals surface area contributed by atoms with Crippen LogP contribution < -0.4 is 10.2 Å². The highest BCUT2D eigenvalue weighted by molar-refractivity contribution is 5.90. The van der Waals surface area contributed by atoms with E-state index in [9.17, 15) is 9.18 Å². The summed E-state index contributed by atoms with van der Waals surface area (Å²) in [6.45, 7) is 1.26. The quantitative estimate of drug-likeness (QED) is 0.534. The molecule has 176 valence electrons. The predicted octanol–water partition coefficient (Wildman–Crippen LogP) is 5.30. The second-order valence-electron chi connectivity index (χ2n) is 8.72. The first-order valence-corrected chi connectivity index (χ1v) is 11.1. The van der Waals surface area contributed by atoms with Gasteiger partial charge in [0.1, 0.15) is 22.9 Å². The minimum atomic E-state index is -0.470. The van der Waals surface area contributed by atoms with Gasteiger partial charge >= 0.3 is 6.09 Å². The third-order valence-electron chi connectivity index (χ3n) is 6.53. The van der Waals surface area contributed by atoms with E-state index in [2.05, 4.69) is 16.5 Å². The molecule has 1 aromatic heterocycles. The van der Waals surface area contributed by atoms with Gasteiger partial charge in [-0.3, -0.25) is 4.90 Å². The summed E-state index contributed by atoms with van der Waals surface area (Å²) < 4.78 is 21.3. The van der Waals surface area contributed by atoms with Crippen LogP contribution in [0, 0.1) is 23.1 Å². The SMILES string of the molecule is Cl.N#Cc1cccc(N2C[C@]3(CC[C@@H](CNc4ccn(-c5ccccc5F)n4)CC3)OC2=O)c1. The molecule has 1 spiro atoms. The Morgan fingerprint density at radius 2 is 1.97 bits per heavy atom. The molecule has 0 bridgehead atoms. The van der Waals surface area contributed by atoms with E-state index in [0.717, 1.165) is 32.2 Å². The molecule has 2 heterocycles. The average molecular weight is 482 g/mol. The van der Waals surface area contributed by atoms with Crippen molar-refractivity contribution in [3.05, 3.63) is 72.2 Å². The van der Waals surface area contributed by atoms with Gasteiger partial charge in [-0.2, -0.15) is 10.4 Å². The third kappa shape index (κ3) is 4.70. The number of aromatic nitrogens is 2. The molecule has 0 unspecified atom stereocenters. The molecule has 1 saturated carbocycles. The van der Waals surface area contributed by atoms with Crippen LogP contribution in [0.3, 0.4) is 0 Å². The van der Waals surface area contributed by atoms with E-state index in [0.29, 0.717) is 35.2 Å². The minimum absolute atomic E-state index is 0. The first kappa shape index (κ1) is 23.6. The van der Waals surface area contributed by atoms with E-state index in [4.69, 9.17) is 10.00 Å². The summed E-state index contributed by atoms with van der Waals surface area (Å²) in [5.41, 5.74) is 1.17. The molecule has 5 rings (SSSR count). The molecular formula is C25H25ClFN5O2. The lowest BCUT2D eigenvalue weighted by molar-refractivity contribution is 0.0148. The number of nitrogens with zero attached hydrogens (tertiary/aromatic N) is 4. The summed E-state index contributed by atoms with van der Waals surface area (Å²) in [7, 11) is 0. The normalized spacial score (nSPS) is 21.6. The molecule has 1 saturated heterocycles. The number of hydrogen-bond donors (Lipinski definition) is 1. The standard InChI is InChI=1S/C25H24FN5O2.ClH/c26-21-6-1-2-7-22(21)31-13-10-23(29-31)28-16-18-8-11-25(12-9-18)17-30(24(32)33-25)20-5-3-4-19(14-20)15-27;/h1-7,10,13-14,18H,8-9,11-12,16-17H2,(H,28,29);1H/t18-,25-;. The summed E-state index contributed by atoms with van der Waals surface area (Å²) in [6, 6.07) is 17.5. The van der Waals surface area contributed by atoms with E-state index >= 15 is 0 Å². The number of nitriles is 1. The fraction of sp³-hybridized carbons (Fsp3) is 0.320. The number of para-hydroxylation sites is 1. The molecule has 7 nitrogen and oxygen atoms in total. The van der Waals surface area contributed by atoms with Crippen molar-refractivity contribution in [2.45, 2.75) is 31.3 Å². The third-order valence-corrected chi connectivity index (χ3v) is 6.53. The fourth-order valence-corrected chi connectivity index (χ4v) is 4.67. The molecule has 1 aliphatic heterocycles. The van der Waals surface area contributed by atoms with Gasteiger partial charge in [0.15, 0.2) is 0 Å². The molecule has 0 atom stereocenters. The van der Waals surface area contributed by atoms with Crippen LogP contribution in [0.1, 0.15) is 31.2 Å². The van der Waals surface area contributed by atoms with Crippen molar-refractivity contribution in [2.24, 2.45) is 5.92 Å². The number of benzene rings is 2. The van der Waals surface area contributed by atoms with Crippen molar-refractivity contribution >= 4 is 30.0 Å². The molecular weight excluding hydrogens is 457 g/mol. The number of carbonyl (C=O) groups excluding carboxylic acids is 1. The van der Waals surface area contributed by atoms with Gasteiger partial charge in [-0.05, 0) is 61.9 Å². The minimum Gasteiger partial charge on any atom is -0.441 e. The number of nitrogens with one attached hydrogen (secondary N) is 1. The number of halogens is 2. The van der Waals surface area contributed by atoms with Crippen LogP contribution in [-0.4, -0.2) is 34.6 Å². The van der Waals surface area contributed by atoms with Gasteiger partial charge in [0, 0.05) is 24.5 Å². The molecule has 2 fully saturated rings. The average Bonchev–Trinajstić information content (AvgIpc) is 3.44. The summed E-state index contributed by atoms with van der Waals surface area (Å²) >= 11 is 0. The highest BCUT2D eigenvalue weighted by Gasteiger charge is 2.47. The molecule has 2 aromatic carbocycles. The van der Waals surface area contributed by atoms with E-state index < -0.39 is 5.60 Å². The van der Waals surface area contributed by atoms with Gasteiger partial charge in [0.25, 0.3) is 0 Å². The van der Waals surface area contributed by atoms with Gasteiger partial charge in [-0.25, -0.2) is 13.9 Å². The lowest BCUT2D eigenvalue weighted by Gasteiger charge is -2.35. The van der Waals surface area contributed by atoms with Gasteiger partial charge < -0.3 is 10.1 Å². The van der Waals surface area contributed by atoms with E-state index in [1.54, 1.807) is 47.5 Å². The fourth-order valence-electron chi connectivity index (χ4n) is 4.67. The first-order chi connectivity index (χ1) is 16.0. The van der Waals surface area contributed by atoms with Crippen molar-refractivity contribution in [1.29, 1.82) is 5.26 Å². The molecule has 1 aliphatic carbocycles. The Labute approximate surface area is 203 Å². The monoisotopic (exact) mass is 481 g/mol. The van der Waals surface area contributed by atoms with Gasteiger partial charge in [-0.1, -0.05) is 18.2 Å². The van der Waals surface area contributed by atoms with Gasteiger partial charge in [0.05, 0.1) is 18.2 Å². The van der Waals surface area contributed by atoms with Gasteiger partial charge in [-0.15, -0.1) is 12.4 Å². The molecule has 2 aliphatic rings. The number of amides is 1. The largest absolute Gasteiger partial charge is 0.441 e. The van der Waals surface area contributed by atoms with Crippen molar-refractivity contribution in [1.82, 2.24) is 9.78 Å². The highest BCUT2D eigenvalue weighted by atomic mass is 35.5. The van der Waals surface area contributed by atoms with Crippen molar-refractivity contribution in [3.63, 3.8) is 0 Å². The van der Waals surface area contributed by atoms with E-state index in [1.807, 2.05) is 12.1 Å². The number of hydrogen-bond acceptors (Lipinski definition) is 5. The zero-order valence-electron chi connectivity index (χ0n) is 18.5. The lowest BCUT2D eigenvalue weighted by Crippen LogP contribution is -2.39. The second kappa shape index (κ2) is 9.74. The second-order valence-corrected chi connectivity index (χ2v) is 8.72. The summed E-state index contributed by atoms with van der Waals surface area (Å²) in [6.07, 6.45) is 4.85. The van der Waals surface area contributed by atoms with Crippen LogP contribution in [0.5, 0.6) is 0 Å². The van der Waals surface area contributed by atoms with Crippen LogP contribution in [0.15, 0.2) is 60.8 Å². The molecule has 3 aromatic rings. The first-order valence-electron chi connectivity index (χ1n) is 11.1.